The van der Waals surface area contributed by atoms with Gasteiger partial charge in [-0.15, -0.1) is 0 Å². The lowest BCUT2D eigenvalue weighted by atomic mass is 9.79. The van der Waals surface area contributed by atoms with Crippen molar-refractivity contribution in [3.63, 3.8) is 0 Å². The van der Waals surface area contributed by atoms with E-state index in [0.717, 1.165) is 0 Å². The molecule has 2 heterocycles. The van der Waals surface area contributed by atoms with E-state index in [2.05, 4.69) is 25.8 Å². The minimum atomic E-state index is 0.587. The molecule has 0 N–H and O–H groups in total. The van der Waals surface area contributed by atoms with Gasteiger partial charge in [-0.2, -0.15) is 0 Å². The van der Waals surface area contributed by atoms with Crippen LogP contribution in [0.1, 0.15) is 26.7 Å². The van der Waals surface area contributed by atoms with Crippen LogP contribution in [0.3, 0.4) is 0 Å². The van der Waals surface area contributed by atoms with Crippen LogP contribution in [-0.4, -0.2) is 48.3 Å². The maximum absolute atomic E-state index is 2.67. The second kappa shape index (κ2) is 2.46. The van der Waals surface area contributed by atoms with Crippen LogP contribution in [-0.2, 0) is 0 Å². The third-order valence-corrected chi connectivity index (χ3v) is 4.46. The number of hydrogen-bond acceptors (Lipinski definition) is 1. The Bertz CT molecular complexity index is 182. The highest BCUT2D eigenvalue weighted by Crippen LogP contribution is 2.48. The Morgan fingerprint density at radius 1 is 1.33 bits per heavy atom. The largest absolute Gasteiger partial charge is 0.308 e. The molecule has 2 fully saturated rings. The molecule has 2 heteroatoms. The first-order valence-electron chi connectivity index (χ1n) is 5.28. The minimum Gasteiger partial charge on any atom is -0.308 e. The third kappa shape index (κ3) is 0.728. The summed E-state index contributed by atoms with van der Waals surface area (Å²) in [6, 6.07) is 0. The molecule has 0 bridgehead atoms. The molecule has 0 aromatic carbocycles. The first-order valence-corrected chi connectivity index (χ1v) is 5.28. The summed E-state index contributed by atoms with van der Waals surface area (Å²) in [6.07, 6.45) is 2.87. The molecule has 2 aliphatic rings. The van der Waals surface area contributed by atoms with Gasteiger partial charge in [-0.1, -0.05) is 6.92 Å². The molecule has 0 radical (unpaired) electrons. The van der Waals surface area contributed by atoms with Crippen LogP contribution in [0.25, 0.3) is 0 Å². The van der Waals surface area contributed by atoms with E-state index in [4.69, 9.17) is 0 Å². The van der Waals surface area contributed by atoms with Crippen molar-refractivity contribution in [3.8, 4) is 0 Å². The fraction of sp³-hybridized carbons (Fsp3) is 1.00. The Morgan fingerprint density at radius 3 is 2.33 bits per heavy atom. The second-order valence-corrected chi connectivity index (χ2v) is 4.50. The molecular weight excluding hydrogens is 148 g/mol. The first kappa shape index (κ1) is 8.52. The molecule has 2 atom stereocenters. The summed E-state index contributed by atoms with van der Waals surface area (Å²) < 4.78 is 1.31. The minimum absolute atomic E-state index is 0.587. The predicted molar refractivity (Wildman–Crippen MR) is 50.8 cm³/mol. The molecule has 0 aromatic rings. The molecular formula is C10H21N2+. The Hall–Kier alpha value is -0.0800. The van der Waals surface area contributed by atoms with E-state index >= 15 is 0 Å². The molecule has 70 valence electrons. The van der Waals surface area contributed by atoms with Crippen molar-refractivity contribution in [1.29, 1.82) is 0 Å². The van der Waals surface area contributed by atoms with E-state index in [-0.39, 0.29) is 0 Å². The van der Waals surface area contributed by atoms with Crippen molar-refractivity contribution in [2.75, 3.05) is 33.2 Å². The van der Waals surface area contributed by atoms with Crippen LogP contribution >= 0.6 is 0 Å². The summed E-state index contributed by atoms with van der Waals surface area (Å²) in [6.45, 7) is 9.90. The molecule has 0 amide bonds. The van der Waals surface area contributed by atoms with Gasteiger partial charge in [-0.25, -0.2) is 0 Å². The summed E-state index contributed by atoms with van der Waals surface area (Å²) in [4.78, 5) is 2.67. The summed E-state index contributed by atoms with van der Waals surface area (Å²) in [7, 11) is 2.42. The highest BCUT2D eigenvalue weighted by molar-refractivity contribution is 4.96. The maximum atomic E-state index is 2.67. The van der Waals surface area contributed by atoms with Gasteiger partial charge >= 0.3 is 0 Å². The Labute approximate surface area is 75.7 Å². The van der Waals surface area contributed by atoms with Crippen LogP contribution in [0.15, 0.2) is 0 Å². The van der Waals surface area contributed by atoms with E-state index in [1.165, 1.54) is 43.5 Å². The zero-order chi connectivity index (χ0) is 8.82. The van der Waals surface area contributed by atoms with Gasteiger partial charge in [0.05, 0.1) is 26.6 Å². The van der Waals surface area contributed by atoms with Gasteiger partial charge < -0.3 is 4.48 Å². The zero-order valence-electron chi connectivity index (χ0n) is 8.64. The SMILES string of the molecule is CCN1CCC12CC[N+]2(C)CC. The molecule has 2 saturated heterocycles. The number of hydrogen-bond donors (Lipinski definition) is 0. The molecule has 2 unspecified atom stereocenters. The van der Waals surface area contributed by atoms with Crippen molar-refractivity contribution >= 4 is 0 Å². The first-order chi connectivity index (χ1) is 5.68. The maximum Gasteiger partial charge on any atom is 0.162 e. The van der Waals surface area contributed by atoms with E-state index < -0.39 is 0 Å². The Balaban J connectivity index is 2.12. The van der Waals surface area contributed by atoms with Crippen LogP contribution in [0.4, 0.5) is 0 Å². The number of likely N-dealkylation sites (tertiary alicyclic amines) is 2. The van der Waals surface area contributed by atoms with Crippen LogP contribution in [0, 0.1) is 0 Å². The van der Waals surface area contributed by atoms with Gasteiger partial charge in [-0.05, 0) is 6.92 Å². The van der Waals surface area contributed by atoms with Crippen LogP contribution in [0.5, 0.6) is 0 Å². The highest BCUT2D eigenvalue weighted by Gasteiger charge is 2.63. The van der Waals surface area contributed by atoms with E-state index in [1.807, 2.05) is 0 Å². The Morgan fingerprint density at radius 2 is 2.08 bits per heavy atom. The van der Waals surface area contributed by atoms with Gasteiger partial charge in [0.2, 0.25) is 0 Å². The summed E-state index contributed by atoms with van der Waals surface area (Å²) in [5, 5.41) is 0. The third-order valence-electron chi connectivity index (χ3n) is 4.46. The van der Waals surface area contributed by atoms with Crippen LogP contribution in [0.2, 0.25) is 0 Å². The van der Waals surface area contributed by atoms with Gasteiger partial charge in [-0.3, -0.25) is 4.90 Å². The monoisotopic (exact) mass is 169 g/mol. The molecule has 0 saturated carbocycles. The van der Waals surface area contributed by atoms with Gasteiger partial charge in [0.15, 0.2) is 5.66 Å². The number of quaternary nitrogens is 1. The number of rotatable bonds is 2. The Kier molecular flexibility index (Phi) is 1.74. The van der Waals surface area contributed by atoms with Crippen molar-refractivity contribution < 1.29 is 4.48 Å². The topological polar surface area (TPSA) is 3.24 Å². The average molecular weight is 169 g/mol. The van der Waals surface area contributed by atoms with Crippen molar-refractivity contribution in [2.24, 2.45) is 0 Å². The smallest absolute Gasteiger partial charge is 0.162 e. The van der Waals surface area contributed by atoms with E-state index in [9.17, 15) is 0 Å². The molecule has 0 aromatic heterocycles. The summed E-state index contributed by atoms with van der Waals surface area (Å²) in [5.74, 6) is 0. The quantitative estimate of drug-likeness (QED) is 0.563. The average Bonchev–Trinajstić information content (AvgIpc) is 2.00. The van der Waals surface area contributed by atoms with Gasteiger partial charge in [0.1, 0.15) is 0 Å². The van der Waals surface area contributed by atoms with E-state index in [0.29, 0.717) is 5.66 Å². The molecule has 12 heavy (non-hydrogen) atoms. The standard InChI is InChI=1S/C10H21N2/c1-4-11-8-6-10(11)7-9-12(10,3)5-2/h4-9H2,1-3H3/q+1. The molecule has 1 spiro atoms. The summed E-state index contributed by atoms with van der Waals surface area (Å²) >= 11 is 0. The molecule has 2 rings (SSSR count). The van der Waals surface area contributed by atoms with E-state index in [1.54, 1.807) is 0 Å². The van der Waals surface area contributed by atoms with Crippen molar-refractivity contribution in [3.05, 3.63) is 0 Å². The lowest BCUT2D eigenvalue weighted by Crippen LogP contribution is -2.83. The van der Waals surface area contributed by atoms with Crippen molar-refractivity contribution in [2.45, 2.75) is 32.4 Å². The van der Waals surface area contributed by atoms with Crippen molar-refractivity contribution in [1.82, 2.24) is 4.90 Å². The molecule has 2 aliphatic heterocycles. The predicted octanol–water partition coefficient (Wildman–Crippen LogP) is 1.28. The molecule has 2 nitrogen and oxygen atoms in total. The normalized spacial score (nSPS) is 47.2. The lowest BCUT2D eigenvalue weighted by Gasteiger charge is -2.68. The summed E-state index contributed by atoms with van der Waals surface area (Å²) in [5.41, 5.74) is 0.587. The molecule has 0 aliphatic carbocycles. The van der Waals surface area contributed by atoms with Gasteiger partial charge in [0, 0.05) is 19.5 Å². The number of nitrogens with zero attached hydrogens (tertiary/aromatic N) is 2. The zero-order valence-corrected chi connectivity index (χ0v) is 8.64. The fourth-order valence-corrected chi connectivity index (χ4v) is 3.08. The highest BCUT2D eigenvalue weighted by atomic mass is 15.6. The second-order valence-electron chi connectivity index (χ2n) is 4.50. The lowest BCUT2D eigenvalue weighted by molar-refractivity contribution is -1.02. The van der Waals surface area contributed by atoms with Crippen LogP contribution < -0.4 is 0 Å². The van der Waals surface area contributed by atoms with Gasteiger partial charge in [0.25, 0.3) is 0 Å². The fourth-order valence-electron chi connectivity index (χ4n) is 3.08.